The number of pyridine rings is 1. The summed E-state index contributed by atoms with van der Waals surface area (Å²) in [6, 6.07) is 13.2. The van der Waals surface area contributed by atoms with Gasteiger partial charge in [0.15, 0.2) is 11.5 Å². The third-order valence-electron chi connectivity index (χ3n) is 6.59. The van der Waals surface area contributed by atoms with Crippen molar-refractivity contribution in [2.45, 2.75) is 25.1 Å². The number of nitrogens with zero attached hydrogens (tertiary/aromatic N) is 2. The monoisotopic (exact) mass is 571 g/mol. The van der Waals surface area contributed by atoms with Gasteiger partial charge >= 0.3 is 6.18 Å². The first-order valence-corrected chi connectivity index (χ1v) is 12.7. The number of nitrogens with one attached hydrogen (secondary N) is 1. The van der Waals surface area contributed by atoms with Gasteiger partial charge in [0.05, 0.1) is 44.2 Å². The molecular formula is C29H28F3N3O6. The van der Waals surface area contributed by atoms with Crippen LogP contribution < -0.4 is 19.5 Å². The molecule has 216 valence electrons. The number of fused-ring (bicyclic) bond motifs is 1. The van der Waals surface area contributed by atoms with Crippen LogP contribution in [0.25, 0.3) is 11.3 Å². The van der Waals surface area contributed by atoms with E-state index in [1.807, 2.05) is 13.0 Å². The van der Waals surface area contributed by atoms with Crippen LogP contribution in [0.1, 0.15) is 34.1 Å². The summed E-state index contributed by atoms with van der Waals surface area (Å²) in [6.07, 6.45) is -4.83. The number of halogens is 3. The number of carbonyl (C=O) groups excluding carboxylic acids is 1. The number of alkyl halides is 3. The zero-order valence-corrected chi connectivity index (χ0v) is 22.3. The van der Waals surface area contributed by atoms with Gasteiger partial charge in [0.1, 0.15) is 18.1 Å². The maximum atomic E-state index is 14.5. The van der Waals surface area contributed by atoms with Gasteiger partial charge in [0.2, 0.25) is 5.60 Å². The SMILES string of the molecule is COc1cc(C(=O)NCC(O)(c2cc3c(c(-c4ccc(C#N)cc4)n2)OCC(C)C3)C(F)(F)F)ccc1OCCO. The minimum atomic E-state index is -5.22. The predicted molar refractivity (Wildman–Crippen MR) is 141 cm³/mol. The average molecular weight is 572 g/mol. The van der Waals surface area contributed by atoms with Crippen molar-refractivity contribution >= 4 is 5.91 Å². The molecule has 0 aliphatic carbocycles. The van der Waals surface area contributed by atoms with Gasteiger partial charge < -0.3 is 29.7 Å². The molecule has 0 spiro atoms. The number of nitriles is 1. The number of ether oxygens (including phenoxy) is 3. The molecule has 0 fully saturated rings. The first-order valence-electron chi connectivity index (χ1n) is 12.7. The Kier molecular flexibility index (Phi) is 8.70. The second-order valence-electron chi connectivity index (χ2n) is 9.63. The van der Waals surface area contributed by atoms with Crippen LogP contribution in [0, 0.1) is 17.2 Å². The van der Waals surface area contributed by atoms with Crippen molar-refractivity contribution in [1.82, 2.24) is 10.3 Å². The minimum Gasteiger partial charge on any atom is -0.493 e. The summed E-state index contributed by atoms with van der Waals surface area (Å²) in [6.45, 7) is 0.716. The molecule has 2 unspecified atom stereocenters. The lowest BCUT2D eigenvalue weighted by atomic mass is 9.90. The van der Waals surface area contributed by atoms with Crippen LogP contribution in [-0.2, 0) is 12.0 Å². The van der Waals surface area contributed by atoms with Crippen LogP contribution in [0.15, 0.2) is 48.5 Å². The number of aliphatic hydroxyl groups is 2. The fourth-order valence-corrected chi connectivity index (χ4v) is 4.40. The number of amides is 1. The van der Waals surface area contributed by atoms with Crippen LogP contribution in [0.5, 0.6) is 17.2 Å². The Morgan fingerprint density at radius 3 is 2.56 bits per heavy atom. The van der Waals surface area contributed by atoms with Gasteiger partial charge in [-0.15, -0.1) is 0 Å². The topological polar surface area (TPSA) is 134 Å². The summed E-state index contributed by atoms with van der Waals surface area (Å²) in [5, 5.41) is 31.4. The van der Waals surface area contributed by atoms with Crippen molar-refractivity contribution in [3.8, 4) is 34.6 Å². The molecule has 1 amide bonds. The van der Waals surface area contributed by atoms with E-state index >= 15 is 0 Å². The third-order valence-corrected chi connectivity index (χ3v) is 6.59. The Labute approximate surface area is 234 Å². The van der Waals surface area contributed by atoms with E-state index in [4.69, 9.17) is 24.6 Å². The zero-order chi connectivity index (χ0) is 29.8. The number of aromatic nitrogens is 1. The van der Waals surface area contributed by atoms with Gasteiger partial charge in [-0.3, -0.25) is 4.79 Å². The van der Waals surface area contributed by atoms with Crippen LogP contribution in [0.3, 0.4) is 0 Å². The molecule has 9 nitrogen and oxygen atoms in total. The second kappa shape index (κ2) is 12.0. The maximum absolute atomic E-state index is 14.5. The lowest BCUT2D eigenvalue weighted by Gasteiger charge is -2.32. The Morgan fingerprint density at radius 1 is 1.20 bits per heavy atom. The van der Waals surface area contributed by atoms with Gasteiger partial charge in [-0.2, -0.15) is 18.4 Å². The molecule has 1 aliphatic rings. The maximum Gasteiger partial charge on any atom is 0.424 e. The van der Waals surface area contributed by atoms with Crippen LogP contribution in [-0.4, -0.2) is 60.8 Å². The lowest BCUT2D eigenvalue weighted by molar-refractivity contribution is -0.265. The number of hydrogen-bond acceptors (Lipinski definition) is 8. The summed E-state index contributed by atoms with van der Waals surface area (Å²) >= 11 is 0. The van der Waals surface area contributed by atoms with Gasteiger partial charge in [-0.05, 0) is 54.3 Å². The highest BCUT2D eigenvalue weighted by molar-refractivity contribution is 5.95. The molecule has 2 atom stereocenters. The molecule has 41 heavy (non-hydrogen) atoms. The molecule has 2 heterocycles. The molecule has 3 N–H and O–H groups in total. The molecule has 1 aliphatic heterocycles. The smallest absolute Gasteiger partial charge is 0.424 e. The van der Waals surface area contributed by atoms with Crippen LogP contribution in [0.4, 0.5) is 13.2 Å². The van der Waals surface area contributed by atoms with Gasteiger partial charge in [-0.1, -0.05) is 19.1 Å². The van der Waals surface area contributed by atoms with Crippen LogP contribution >= 0.6 is 0 Å². The van der Waals surface area contributed by atoms with E-state index in [9.17, 15) is 23.1 Å². The number of hydrogen-bond donors (Lipinski definition) is 3. The summed E-state index contributed by atoms with van der Waals surface area (Å²) in [4.78, 5) is 17.1. The Hall–Kier alpha value is -4.34. The number of carbonyl (C=O) groups is 1. The van der Waals surface area contributed by atoms with Crippen LogP contribution in [0.2, 0.25) is 0 Å². The van der Waals surface area contributed by atoms with E-state index < -0.39 is 29.9 Å². The number of aliphatic hydroxyl groups excluding tert-OH is 1. The van der Waals surface area contributed by atoms with E-state index in [2.05, 4.69) is 10.3 Å². The quantitative estimate of drug-likeness (QED) is 0.354. The molecule has 12 heteroatoms. The van der Waals surface area contributed by atoms with Crippen molar-refractivity contribution in [1.29, 1.82) is 5.26 Å². The molecule has 1 aromatic heterocycles. The van der Waals surface area contributed by atoms with E-state index in [0.29, 0.717) is 35.5 Å². The zero-order valence-electron chi connectivity index (χ0n) is 22.3. The molecule has 4 rings (SSSR count). The standard InChI is InChI=1S/C29H28F3N3O6/c1-17-11-21-13-24(35-25(26(21)41-15-17)19-5-3-18(14-33)4-6-19)28(38,29(30,31)32)16-34-27(37)20-7-8-22(40-10-9-36)23(12-20)39-2/h3-8,12-13,17,36,38H,9-11,15-16H2,1-2H3,(H,34,37). The summed E-state index contributed by atoms with van der Waals surface area (Å²) in [7, 11) is 1.32. The van der Waals surface area contributed by atoms with E-state index in [-0.39, 0.29) is 41.9 Å². The van der Waals surface area contributed by atoms with Crippen molar-refractivity contribution < 1.29 is 42.4 Å². The Balaban J connectivity index is 1.70. The minimum absolute atomic E-state index is 0.00422. The van der Waals surface area contributed by atoms with Gasteiger partial charge in [0.25, 0.3) is 5.91 Å². The highest BCUT2D eigenvalue weighted by Crippen LogP contribution is 2.43. The van der Waals surface area contributed by atoms with E-state index in [0.717, 1.165) is 6.07 Å². The molecule has 0 saturated heterocycles. The molecule has 0 bridgehead atoms. The highest BCUT2D eigenvalue weighted by atomic mass is 19.4. The van der Waals surface area contributed by atoms with Crippen molar-refractivity contribution in [2.75, 3.05) is 33.5 Å². The average Bonchev–Trinajstić information content (AvgIpc) is 2.97. The molecule has 0 saturated carbocycles. The molecule has 3 aromatic rings. The predicted octanol–water partition coefficient (Wildman–Crippen LogP) is 3.75. The van der Waals surface area contributed by atoms with Crippen molar-refractivity contribution in [3.63, 3.8) is 0 Å². The van der Waals surface area contributed by atoms with Crippen molar-refractivity contribution in [3.05, 3.63) is 70.9 Å². The third kappa shape index (κ3) is 6.21. The van der Waals surface area contributed by atoms with E-state index in [1.165, 1.54) is 37.4 Å². The molecule has 0 radical (unpaired) electrons. The number of rotatable bonds is 9. The Morgan fingerprint density at radius 2 is 1.93 bits per heavy atom. The summed E-state index contributed by atoms with van der Waals surface area (Å²) in [5.41, 5.74) is -3.01. The Bertz CT molecular complexity index is 1460. The fourth-order valence-electron chi connectivity index (χ4n) is 4.40. The summed E-state index contributed by atoms with van der Waals surface area (Å²) < 4.78 is 59.9. The summed E-state index contributed by atoms with van der Waals surface area (Å²) in [5.74, 6) is -0.225. The normalized spacial score (nSPS) is 16.0. The second-order valence-corrected chi connectivity index (χ2v) is 9.63. The van der Waals surface area contributed by atoms with Crippen molar-refractivity contribution in [2.24, 2.45) is 5.92 Å². The van der Waals surface area contributed by atoms with Gasteiger partial charge in [0, 0.05) is 11.1 Å². The number of methoxy groups -OCH3 is 1. The first-order chi connectivity index (χ1) is 19.5. The lowest BCUT2D eigenvalue weighted by Crippen LogP contribution is -2.51. The molecular weight excluding hydrogens is 543 g/mol. The first kappa shape index (κ1) is 29.6. The largest absolute Gasteiger partial charge is 0.493 e. The molecule has 2 aromatic carbocycles. The number of benzene rings is 2. The van der Waals surface area contributed by atoms with Gasteiger partial charge in [-0.25, -0.2) is 4.98 Å². The van der Waals surface area contributed by atoms with E-state index in [1.54, 1.807) is 12.1 Å². The highest BCUT2D eigenvalue weighted by Gasteiger charge is 2.57. The fraction of sp³-hybridized carbons (Fsp3) is 0.345.